The molecule has 5 rings (SSSR count). The lowest BCUT2D eigenvalue weighted by molar-refractivity contribution is 0.160. The molecule has 2 aromatic heterocycles. The summed E-state index contributed by atoms with van der Waals surface area (Å²) in [5, 5.41) is 19.8. The first-order valence-electron chi connectivity index (χ1n) is 10.8. The van der Waals surface area contributed by atoms with Crippen molar-refractivity contribution in [1.82, 2.24) is 24.6 Å². The van der Waals surface area contributed by atoms with Gasteiger partial charge in [0.25, 0.3) is 5.56 Å². The summed E-state index contributed by atoms with van der Waals surface area (Å²) in [7, 11) is 6.01. The average molecular weight is 421 g/mol. The molecule has 1 aromatic carbocycles. The number of phenolic OH excluding ortho intramolecular Hbond substituents is 1. The summed E-state index contributed by atoms with van der Waals surface area (Å²) in [5.41, 5.74) is 1.43. The number of piperidine rings is 1. The van der Waals surface area contributed by atoms with E-state index in [-0.39, 0.29) is 11.3 Å². The molecule has 2 atom stereocenters. The van der Waals surface area contributed by atoms with Crippen LogP contribution in [0.1, 0.15) is 31.5 Å². The van der Waals surface area contributed by atoms with Gasteiger partial charge < -0.3 is 14.9 Å². The van der Waals surface area contributed by atoms with Gasteiger partial charge in [0.15, 0.2) is 5.82 Å². The van der Waals surface area contributed by atoms with Crippen LogP contribution in [0.2, 0.25) is 0 Å². The molecule has 2 saturated heterocycles. The van der Waals surface area contributed by atoms with Crippen LogP contribution in [0.15, 0.2) is 29.1 Å². The SMILES string of the molecule is Cc1nc2cc(-c3ccc(N(C)C4CC5CCC(C4)N5C)nn3)c(O)cc2c(=O)n1C. The monoisotopic (exact) mass is 420 g/mol. The van der Waals surface area contributed by atoms with E-state index in [0.29, 0.717) is 46.1 Å². The second kappa shape index (κ2) is 7.30. The second-order valence-corrected chi connectivity index (χ2v) is 8.97. The molecule has 2 aliphatic rings. The van der Waals surface area contributed by atoms with Crippen LogP contribution in [0.25, 0.3) is 22.2 Å². The minimum absolute atomic E-state index is 0.00227. The summed E-state index contributed by atoms with van der Waals surface area (Å²) in [5.74, 6) is 1.45. The molecule has 1 N–H and O–H groups in total. The minimum atomic E-state index is -0.181. The number of phenols is 1. The van der Waals surface area contributed by atoms with Crippen LogP contribution in [-0.4, -0.2) is 62.0 Å². The predicted octanol–water partition coefficient (Wildman–Crippen LogP) is 2.47. The molecule has 0 spiro atoms. The lowest BCUT2D eigenvalue weighted by Crippen LogP contribution is -2.48. The Morgan fingerprint density at radius 3 is 2.45 bits per heavy atom. The zero-order valence-corrected chi connectivity index (χ0v) is 18.4. The van der Waals surface area contributed by atoms with E-state index in [9.17, 15) is 9.90 Å². The maximum Gasteiger partial charge on any atom is 0.261 e. The highest BCUT2D eigenvalue weighted by molar-refractivity contribution is 5.86. The Hall–Kier alpha value is -3.00. The fourth-order valence-electron chi connectivity index (χ4n) is 5.17. The molecule has 8 nitrogen and oxygen atoms in total. The Labute approximate surface area is 181 Å². The number of benzene rings is 1. The summed E-state index contributed by atoms with van der Waals surface area (Å²) in [6.45, 7) is 1.78. The third-order valence-electron chi connectivity index (χ3n) is 7.33. The Balaban J connectivity index is 1.43. The molecule has 2 aliphatic heterocycles. The van der Waals surface area contributed by atoms with Gasteiger partial charge in [0.05, 0.1) is 16.6 Å². The Kier molecular flexibility index (Phi) is 4.69. The van der Waals surface area contributed by atoms with Gasteiger partial charge >= 0.3 is 0 Å². The van der Waals surface area contributed by atoms with E-state index in [4.69, 9.17) is 0 Å². The van der Waals surface area contributed by atoms with Crippen LogP contribution in [0, 0.1) is 6.92 Å². The summed E-state index contributed by atoms with van der Waals surface area (Å²) >= 11 is 0. The van der Waals surface area contributed by atoms with Crippen LogP contribution >= 0.6 is 0 Å². The third-order valence-corrected chi connectivity index (χ3v) is 7.33. The smallest absolute Gasteiger partial charge is 0.261 e. The van der Waals surface area contributed by atoms with Gasteiger partial charge in [-0.25, -0.2) is 4.98 Å². The molecule has 0 amide bonds. The Bertz CT molecular complexity index is 1190. The first kappa shape index (κ1) is 19.9. The van der Waals surface area contributed by atoms with Gasteiger partial charge in [-0.3, -0.25) is 9.36 Å². The van der Waals surface area contributed by atoms with E-state index < -0.39 is 0 Å². The molecule has 4 heterocycles. The molecule has 8 heteroatoms. The van der Waals surface area contributed by atoms with Crippen molar-refractivity contribution in [3.63, 3.8) is 0 Å². The molecule has 0 radical (unpaired) electrons. The van der Waals surface area contributed by atoms with Crippen molar-refractivity contribution in [3.8, 4) is 17.0 Å². The fourth-order valence-corrected chi connectivity index (χ4v) is 5.17. The highest BCUT2D eigenvalue weighted by Crippen LogP contribution is 2.37. The number of nitrogens with zero attached hydrogens (tertiary/aromatic N) is 6. The molecule has 0 saturated carbocycles. The molecule has 0 aliphatic carbocycles. The van der Waals surface area contributed by atoms with Gasteiger partial charge in [-0.1, -0.05) is 0 Å². The van der Waals surface area contributed by atoms with Crippen molar-refractivity contribution in [2.75, 3.05) is 19.0 Å². The van der Waals surface area contributed by atoms with Gasteiger partial charge in [0.1, 0.15) is 11.6 Å². The highest BCUT2D eigenvalue weighted by Gasteiger charge is 2.40. The van der Waals surface area contributed by atoms with E-state index in [1.54, 1.807) is 20.0 Å². The van der Waals surface area contributed by atoms with Gasteiger partial charge in [-0.05, 0) is 63.9 Å². The number of rotatable bonds is 3. The largest absolute Gasteiger partial charge is 0.507 e. The average Bonchev–Trinajstić information content (AvgIpc) is 2.97. The molecular weight excluding hydrogens is 392 g/mol. The number of hydrogen-bond donors (Lipinski definition) is 1. The predicted molar refractivity (Wildman–Crippen MR) is 120 cm³/mol. The van der Waals surface area contributed by atoms with E-state index in [2.05, 4.69) is 39.1 Å². The van der Waals surface area contributed by atoms with E-state index in [0.717, 1.165) is 18.7 Å². The molecule has 2 unspecified atom stereocenters. The first-order chi connectivity index (χ1) is 14.8. The zero-order chi connectivity index (χ0) is 21.9. The summed E-state index contributed by atoms with van der Waals surface area (Å²) in [6.07, 6.45) is 4.87. The molecule has 162 valence electrons. The number of aromatic hydroxyl groups is 1. The van der Waals surface area contributed by atoms with E-state index >= 15 is 0 Å². The van der Waals surface area contributed by atoms with Crippen molar-refractivity contribution in [2.24, 2.45) is 7.05 Å². The summed E-state index contributed by atoms with van der Waals surface area (Å²) in [4.78, 5) is 21.7. The Morgan fingerprint density at radius 2 is 1.81 bits per heavy atom. The first-order valence-corrected chi connectivity index (χ1v) is 10.8. The van der Waals surface area contributed by atoms with Gasteiger partial charge in [-0.2, -0.15) is 0 Å². The van der Waals surface area contributed by atoms with E-state index in [1.165, 1.54) is 23.5 Å². The highest BCUT2D eigenvalue weighted by atomic mass is 16.3. The summed E-state index contributed by atoms with van der Waals surface area (Å²) < 4.78 is 1.47. The van der Waals surface area contributed by atoms with Crippen molar-refractivity contribution < 1.29 is 5.11 Å². The zero-order valence-electron chi connectivity index (χ0n) is 18.4. The van der Waals surface area contributed by atoms with Crippen molar-refractivity contribution in [1.29, 1.82) is 0 Å². The van der Waals surface area contributed by atoms with Crippen molar-refractivity contribution in [3.05, 3.63) is 40.4 Å². The third kappa shape index (κ3) is 3.26. The molecule has 3 aromatic rings. The molecule has 31 heavy (non-hydrogen) atoms. The van der Waals surface area contributed by atoms with Crippen LogP contribution in [0.4, 0.5) is 5.82 Å². The second-order valence-electron chi connectivity index (χ2n) is 8.97. The maximum absolute atomic E-state index is 12.5. The molecular formula is C23H28N6O2. The summed E-state index contributed by atoms with van der Waals surface area (Å²) in [6, 6.07) is 8.79. The van der Waals surface area contributed by atoms with Gasteiger partial charge in [0, 0.05) is 37.8 Å². The van der Waals surface area contributed by atoms with E-state index in [1.807, 2.05) is 12.1 Å². The van der Waals surface area contributed by atoms with Gasteiger partial charge in [-0.15, -0.1) is 10.2 Å². The van der Waals surface area contributed by atoms with Crippen LogP contribution < -0.4 is 10.5 Å². The van der Waals surface area contributed by atoms with Gasteiger partial charge in [0.2, 0.25) is 0 Å². The van der Waals surface area contributed by atoms with Crippen LogP contribution in [0.5, 0.6) is 5.75 Å². The number of aryl methyl sites for hydroxylation is 1. The maximum atomic E-state index is 12.5. The lowest BCUT2D eigenvalue weighted by atomic mass is 9.97. The Morgan fingerprint density at radius 1 is 1.10 bits per heavy atom. The number of anilines is 1. The fraction of sp³-hybridized carbons (Fsp3) is 0.478. The van der Waals surface area contributed by atoms with Crippen molar-refractivity contribution >= 4 is 16.7 Å². The number of fused-ring (bicyclic) bond motifs is 3. The minimum Gasteiger partial charge on any atom is -0.507 e. The lowest BCUT2D eigenvalue weighted by Gasteiger charge is -2.40. The van der Waals surface area contributed by atoms with Crippen molar-refractivity contribution in [2.45, 2.75) is 50.7 Å². The standard InChI is InChI=1S/C23H28N6O2/c1-13-24-20-11-17(21(30)12-18(20)23(31)27(13)2)19-7-8-22(26-25-19)29(4)16-9-14-5-6-15(10-16)28(14)3/h7-8,11-12,14-16,30H,5-6,9-10H2,1-4H3. The topological polar surface area (TPSA) is 87.4 Å². The number of aromatic nitrogens is 4. The van der Waals surface area contributed by atoms with Crippen LogP contribution in [0.3, 0.4) is 0 Å². The molecule has 2 bridgehead atoms. The quantitative estimate of drug-likeness (QED) is 0.696. The van der Waals surface area contributed by atoms with Crippen LogP contribution in [-0.2, 0) is 7.05 Å². The normalized spacial score (nSPS) is 23.4. The molecule has 2 fully saturated rings. The number of hydrogen-bond acceptors (Lipinski definition) is 7.